The molecule has 0 saturated carbocycles. The Hall–Kier alpha value is -2.45. The summed E-state index contributed by atoms with van der Waals surface area (Å²) >= 11 is 2.58. The molecule has 1 aromatic carbocycles. The second-order valence-corrected chi connectivity index (χ2v) is 9.86. The van der Waals surface area contributed by atoms with E-state index in [-0.39, 0.29) is 17.3 Å². The first kappa shape index (κ1) is 23.2. The summed E-state index contributed by atoms with van der Waals surface area (Å²) in [5.74, 6) is -0.576. The minimum Gasteiger partial charge on any atom is -0.459 e. The van der Waals surface area contributed by atoms with Crippen LogP contribution in [0.5, 0.6) is 0 Å². The molecule has 2 aromatic heterocycles. The van der Waals surface area contributed by atoms with Gasteiger partial charge in [-0.2, -0.15) is 0 Å². The van der Waals surface area contributed by atoms with E-state index in [9.17, 15) is 9.59 Å². The molecule has 164 valence electrons. The molecular weight excluding hydrogens is 430 g/mol. The number of benzene rings is 1. The topological polar surface area (TPSA) is 81.2 Å². The van der Waals surface area contributed by atoms with E-state index in [1.807, 2.05) is 32.0 Å². The highest BCUT2D eigenvalue weighted by Crippen LogP contribution is 2.31. The summed E-state index contributed by atoms with van der Waals surface area (Å²) in [7, 11) is 0. The van der Waals surface area contributed by atoms with E-state index >= 15 is 0 Å². The van der Waals surface area contributed by atoms with Gasteiger partial charge in [0.2, 0.25) is 5.91 Å². The molecule has 1 amide bonds. The van der Waals surface area contributed by atoms with Crippen molar-refractivity contribution >= 4 is 51.0 Å². The average Bonchev–Trinajstić information content (AvgIpc) is 3.06. The predicted molar refractivity (Wildman–Crippen MR) is 127 cm³/mol. The van der Waals surface area contributed by atoms with Crippen LogP contribution in [-0.2, 0) is 9.53 Å². The van der Waals surface area contributed by atoms with Gasteiger partial charge < -0.3 is 10.1 Å². The highest BCUT2D eigenvalue weighted by Gasteiger charge is 2.23. The van der Waals surface area contributed by atoms with Gasteiger partial charge in [-0.05, 0) is 58.2 Å². The number of esters is 1. The minimum absolute atomic E-state index is 0.158. The van der Waals surface area contributed by atoms with Gasteiger partial charge in [-0.25, -0.2) is 14.8 Å². The third kappa shape index (κ3) is 5.43. The van der Waals surface area contributed by atoms with Crippen LogP contribution in [0.15, 0.2) is 29.3 Å². The molecule has 3 rings (SSSR count). The molecule has 8 heteroatoms. The molecule has 0 fully saturated rings. The van der Waals surface area contributed by atoms with Crippen LogP contribution in [0.2, 0.25) is 0 Å². The number of carbonyl (C=O) groups excluding carboxylic acids is 2. The van der Waals surface area contributed by atoms with Gasteiger partial charge in [-0.15, -0.1) is 0 Å². The van der Waals surface area contributed by atoms with Gasteiger partial charge in [0.05, 0.1) is 27.6 Å². The molecule has 6 nitrogen and oxygen atoms in total. The summed E-state index contributed by atoms with van der Waals surface area (Å²) in [6.07, 6.45) is 0.421. The first-order chi connectivity index (χ1) is 14.7. The van der Waals surface area contributed by atoms with Crippen molar-refractivity contribution in [2.24, 2.45) is 0 Å². The van der Waals surface area contributed by atoms with E-state index in [4.69, 9.17) is 9.72 Å². The summed E-state index contributed by atoms with van der Waals surface area (Å²) < 4.78 is 5.25. The zero-order valence-electron chi connectivity index (χ0n) is 18.6. The maximum Gasteiger partial charge on any atom is 0.350 e. The van der Waals surface area contributed by atoms with E-state index in [0.717, 1.165) is 38.4 Å². The molecule has 2 heterocycles. The number of anilines is 1. The fraction of sp³-hybridized carbons (Fsp3) is 0.391. The largest absolute Gasteiger partial charge is 0.459 e. The molecule has 0 bridgehead atoms. The fourth-order valence-corrected chi connectivity index (χ4v) is 5.02. The van der Waals surface area contributed by atoms with E-state index in [0.29, 0.717) is 22.1 Å². The van der Waals surface area contributed by atoms with Crippen LogP contribution in [0.25, 0.3) is 10.9 Å². The van der Waals surface area contributed by atoms with Crippen LogP contribution in [0.3, 0.4) is 0 Å². The molecule has 1 unspecified atom stereocenters. The number of ether oxygens (including phenoxy) is 1. The highest BCUT2D eigenvalue weighted by atomic mass is 32.2. The van der Waals surface area contributed by atoms with Gasteiger partial charge in [0.15, 0.2) is 5.13 Å². The van der Waals surface area contributed by atoms with Crippen molar-refractivity contribution in [1.29, 1.82) is 0 Å². The lowest BCUT2D eigenvalue weighted by molar-refractivity contribution is -0.115. The molecule has 0 aliphatic rings. The normalized spacial score (nSPS) is 12.2. The number of nitrogens with one attached hydrogen (secondary N) is 1. The van der Waals surface area contributed by atoms with Gasteiger partial charge in [-0.1, -0.05) is 48.2 Å². The first-order valence-electron chi connectivity index (χ1n) is 10.2. The Morgan fingerprint density at radius 3 is 2.58 bits per heavy atom. The second-order valence-electron chi connectivity index (χ2n) is 7.64. The lowest BCUT2D eigenvalue weighted by Gasteiger charge is -2.14. The number of aryl methyl sites for hydroxylation is 3. The third-order valence-corrected chi connectivity index (χ3v) is 7.04. The van der Waals surface area contributed by atoms with Crippen molar-refractivity contribution in [3.05, 3.63) is 46.0 Å². The number of thiazole rings is 1. The van der Waals surface area contributed by atoms with Crippen molar-refractivity contribution in [2.75, 3.05) is 5.32 Å². The number of amides is 1. The maximum atomic E-state index is 12.9. The van der Waals surface area contributed by atoms with Crippen molar-refractivity contribution in [2.45, 2.75) is 64.3 Å². The van der Waals surface area contributed by atoms with Crippen LogP contribution in [-0.4, -0.2) is 33.2 Å². The Labute approximate surface area is 190 Å². The second kappa shape index (κ2) is 9.78. The lowest BCUT2D eigenvalue weighted by atomic mass is 10.1. The summed E-state index contributed by atoms with van der Waals surface area (Å²) in [6.45, 7) is 11.4. The number of rotatable bonds is 7. The number of nitrogens with zero attached hydrogens (tertiary/aromatic N) is 2. The fourth-order valence-electron chi connectivity index (χ4n) is 3.15. The molecule has 1 N–H and O–H groups in total. The van der Waals surface area contributed by atoms with Gasteiger partial charge in [0.25, 0.3) is 0 Å². The van der Waals surface area contributed by atoms with E-state index in [1.165, 1.54) is 11.8 Å². The van der Waals surface area contributed by atoms with Crippen LogP contribution < -0.4 is 5.32 Å². The molecule has 0 aliphatic carbocycles. The van der Waals surface area contributed by atoms with Crippen molar-refractivity contribution in [3.8, 4) is 0 Å². The summed E-state index contributed by atoms with van der Waals surface area (Å²) in [5.41, 5.74) is 3.76. The smallest absolute Gasteiger partial charge is 0.350 e. The molecule has 3 aromatic rings. The predicted octanol–water partition coefficient (Wildman–Crippen LogP) is 5.69. The van der Waals surface area contributed by atoms with Crippen molar-refractivity contribution in [1.82, 2.24) is 9.97 Å². The van der Waals surface area contributed by atoms with Gasteiger partial charge >= 0.3 is 5.97 Å². The molecular formula is C23H27N3O3S2. The van der Waals surface area contributed by atoms with E-state index in [1.54, 1.807) is 20.8 Å². The molecule has 1 atom stereocenters. The highest BCUT2D eigenvalue weighted by molar-refractivity contribution is 8.00. The Morgan fingerprint density at radius 2 is 1.90 bits per heavy atom. The van der Waals surface area contributed by atoms with E-state index < -0.39 is 5.97 Å². The number of hydrogen-bond acceptors (Lipinski definition) is 7. The van der Waals surface area contributed by atoms with Gasteiger partial charge in [-0.3, -0.25) is 4.79 Å². The lowest BCUT2D eigenvalue weighted by Crippen LogP contribution is -2.24. The third-order valence-electron chi connectivity index (χ3n) is 4.71. The van der Waals surface area contributed by atoms with Crippen LogP contribution in [0, 0.1) is 20.8 Å². The van der Waals surface area contributed by atoms with Gasteiger partial charge in [0, 0.05) is 5.39 Å². The first-order valence-corrected chi connectivity index (χ1v) is 11.9. The van der Waals surface area contributed by atoms with E-state index in [2.05, 4.69) is 23.3 Å². The average molecular weight is 458 g/mol. The Balaban J connectivity index is 1.76. The summed E-state index contributed by atoms with van der Waals surface area (Å²) in [5, 5.41) is 4.87. The Morgan fingerprint density at radius 1 is 1.16 bits per heavy atom. The van der Waals surface area contributed by atoms with Crippen LogP contribution >= 0.6 is 23.1 Å². The van der Waals surface area contributed by atoms with Crippen LogP contribution in [0.1, 0.15) is 53.7 Å². The Bertz CT molecular complexity index is 1120. The molecule has 0 spiro atoms. The number of pyridine rings is 1. The SMILES string of the molecule is CCC(Sc1cc(C)c2cccc(C)c2n1)C(=O)Nc1nc(C)c(C(=O)OC(C)C)s1. The number of thioether (sulfide) groups is 1. The molecule has 0 saturated heterocycles. The standard InChI is InChI=1S/C23H27N3O3S2/c1-7-17(30-18-11-14(5)16-10-8-9-13(4)19(16)25-18)21(27)26-23-24-15(6)20(31-23)22(28)29-12(2)3/h8-12,17H,7H2,1-6H3,(H,24,26,27). The summed E-state index contributed by atoms with van der Waals surface area (Å²) in [6, 6.07) is 8.16. The Kier molecular flexibility index (Phi) is 7.33. The number of carbonyl (C=O) groups is 2. The zero-order chi connectivity index (χ0) is 22.7. The summed E-state index contributed by atoms with van der Waals surface area (Å²) in [4.78, 5) is 34.6. The van der Waals surface area contributed by atoms with Gasteiger partial charge in [0.1, 0.15) is 4.88 Å². The molecule has 0 aliphatic heterocycles. The number of fused-ring (bicyclic) bond motifs is 1. The van der Waals surface area contributed by atoms with Crippen LogP contribution in [0.4, 0.5) is 5.13 Å². The molecule has 31 heavy (non-hydrogen) atoms. The minimum atomic E-state index is -0.418. The maximum absolute atomic E-state index is 12.9. The van der Waals surface area contributed by atoms with Crippen molar-refractivity contribution < 1.29 is 14.3 Å². The number of para-hydroxylation sites is 1. The van der Waals surface area contributed by atoms with Crippen molar-refractivity contribution in [3.63, 3.8) is 0 Å². The zero-order valence-corrected chi connectivity index (χ0v) is 20.2. The quantitative estimate of drug-likeness (QED) is 0.362. The number of aromatic nitrogens is 2. The monoisotopic (exact) mass is 457 g/mol. The number of hydrogen-bond donors (Lipinski definition) is 1. The molecule has 0 radical (unpaired) electrons.